The van der Waals surface area contributed by atoms with E-state index in [1.54, 1.807) is 6.20 Å². The zero-order valence-electron chi connectivity index (χ0n) is 11.5. The zero-order chi connectivity index (χ0) is 13.9. The number of nitrogens with zero attached hydrogens (tertiary/aromatic N) is 2. The molecule has 3 rings (SSSR count). The number of hydrogen-bond acceptors (Lipinski definition) is 3. The lowest BCUT2D eigenvalue weighted by Gasteiger charge is -2.14. The SMILES string of the molecule is CC1C=C(c2cc(N)cc(-c3cccnc3)c2)C=NC1. The van der Waals surface area contributed by atoms with Gasteiger partial charge in [0, 0.05) is 36.4 Å². The molecule has 3 nitrogen and oxygen atoms in total. The molecule has 1 atom stereocenters. The van der Waals surface area contributed by atoms with E-state index in [0.717, 1.165) is 34.5 Å². The number of pyridine rings is 1. The van der Waals surface area contributed by atoms with Crippen molar-refractivity contribution in [3.8, 4) is 11.1 Å². The Morgan fingerprint density at radius 2 is 2.00 bits per heavy atom. The van der Waals surface area contributed by atoms with Crippen molar-refractivity contribution in [1.29, 1.82) is 0 Å². The maximum absolute atomic E-state index is 6.05. The molecule has 20 heavy (non-hydrogen) atoms. The van der Waals surface area contributed by atoms with Crippen molar-refractivity contribution in [2.45, 2.75) is 6.92 Å². The molecular weight excluding hydrogens is 246 g/mol. The Morgan fingerprint density at radius 3 is 2.75 bits per heavy atom. The molecule has 0 saturated heterocycles. The lowest BCUT2D eigenvalue weighted by molar-refractivity contribution is 0.740. The lowest BCUT2D eigenvalue weighted by atomic mass is 9.96. The molecule has 0 spiro atoms. The van der Waals surface area contributed by atoms with Crippen LogP contribution in [0.5, 0.6) is 0 Å². The molecule has 1 aromatic carbocycles. The van der Waals surface area contributed by atoms with E-state index in [1.165, 1.54) is 0 Å². The van der Waals surface area contributed by atoms with Crippen LogP contribution < -0.4 is 5.73 Å². The molecule has 0 radical (unpaired) electrons. The zero-order valence-corrected chi connectivity index (χ0v) is 11.5. The topological polar surface area (TPSA) is 51.3 Å². The summed E-state index contributed by atoms with van der Waals surface area (Å²) < 4.78 is 0. The smallest absolute Gasteiger partial charge is 0.0449 e. The second-order valence-electron chi connectivity index (χ2n) is 5.18. The van der Waals surface area contributed by atoms with E-state index in [0.29, 0.717) is 5.92 Å². The molecule has 3 heteroatoms. The van der Waals surface area contributed by atoms with Gasteiger partial charge >= 0.3 is 0 Å². The van der Waals surface area contributed by atoms with Crippen molar-refractivity contribution >= 4 is 17.5 Å². The molecular formula is C17H17N3. The maximum Gasteiger partial charge on any atom is 0.0449 e. The van der Waals surface area contributed by atoms with Gasteiger partial charge in [-0.2, -0.15) is 0 Å². The first-order valence-corrected chi connectivity index (χ1v) is 6.75. The maximum atomic E-state index is 6.05. The number of aliphatic imine (C=N–C) groups is 1. The van der Waals surface area contributed by atoms with Gasteiger partial charge in [0.2, 0.25) is 0 Å². The van der Waals surface area contributed by atoms with Crippen LogP contribution in [0.3, 0.4) is 0 Å². The van der Waals surface area contributed by atoms with Crippen LogP contribution in [0.4, 0.5) is 5.69 Å². The summed E-state index contributed by atoms with van der Waals surface area (Å²) in [5, 5.41) is 0. The van der Waals surface area contributed by atoms with Gasteiger partial charge in [-0.25, -0.2) is 0 Å². The number of nitrogens with two attached hydrogens (primary N) is 1. The van der Waals surface area contributed by atoms with Crippen molar-refractivity contribution in [3.63, 3.8) is 0 Å². The second-order valence-corrected chi connectivity index (χ2v) is 5.18. The van der Waals surface area contributed by atoms with Crippen molar-refractivity contribution in [2.24, 2.45) is 10.9 Å². The Morgan fingerprint density at radius 1 is 1.15 bits per heavy atom. The van der Waals surface area contributed by atoms with Crippen LogP contribution in [0.2, 0.25) is 0 Å². The summed E-state index contributed by atoms with van der Waals surface area (Å²) in [6, 6.07) is 10.1. The van der Waals surface area contributed by atoms with E-state index < -0.39 is 0 Å². The molecule has 0 bridgehead atoms. The fourth-order valence-corrected chi connectivity index (χ4v) is 2.41. The summed E-state index contributed by atoms with van der Waals surface area (Å²) in [7, 11) is 0. The highest BCUT2D eigenvalue weighted by atomic mass is 14.7. The minimum Gasteiger partial charge on any atom is -0.399 e. The number of anilines is 1. The van der Waals surface area contributed by atoms with Gasteiger partial charge in [0.25, 0.3) is 0 Å². The van der Waals surface area contributed by atoms with Gasteiger partial charge in [-0.15, -0.1) is 0 Å². The van der Waals surface area contributed by atoms with E-state index >= 15 is 0 Å². The highest BCUT2D eigenvalue weighted by molar-refractivity contribution is 6.11. The largest absolute Gasteiger partial charge is 0.399 e. The number of benzene rings is 1. The molecule has 0 aliphatic carbocycles. The summed E-state index contributed by atoms with van der Waals surface area (Å²) in [4.78, 5) is 8.56. The predicted octanol–water partition coefficient (Wildman–Crippen LogP) is 3.43. The van der Waals surface area contributed by atoms with Crippen LogP contribution in [0.25, 0.3) is 16.7 Å². The Hall–Kier alpha value is -2.42. The third-order valence-electron chi connectivity index (χ3n) is 3.37. The van der Waals surface area contributed by atoms with Gasteiger partial charge in [-0.1, -0.05) is 19.1 Å². The average molecular weight is 263 g/mol. The Balaban J connectivity index is 2.06. The van der Waals surface area contributed by atoms with Gasteiger partial charge < -0.3 is 5.73 Å². The third-order valence-corrected chi connectivity index (χ3v) is 3.37. The molecule has 1 unspecified atom stereocenters. The van der Waals surface area contributed by atoms with Crippen LogP contribution in [-0.4, -0.2) is 17.7 Å². The van der Waals surface area contributed by atoms with Crippen LogP contribution in [0.15, 0.2) is 53.8 Å². The lowest BCUT2D eigenvalue weighted by Crippen LogP contribution is -2.04. The quantitative estimate of drug-likeness (QED) is 0.844. The van der Waals surface area contributed by atoms with E-state index in [4.69, 9.17) is 5.73 Å². The second kappa shape index (κ2) is 5.29. The molecule has 2 heterocycles. The minimum atomic E-state index is 0.471. The first-order valence-electron chi connectivity index (χ1n) is 6.75. The van der Waals surface area contributed by atoms with Gasteiger partial charge in [-0.3, -0.25) is 9.98 Å². The van der Waals surface area contributed by atoms with Gasteiger partial charge in [0.05, 0.1) is 0 Å². The number of dihydropyridines is 1. The average Bonchev–Trinajstić information content (AvgIpc) is 2.47. The van der Waals surface area contributed by atoms with Gasteiger partial charge in [0.15, 0.2) is 0 Å². The summed E-state index contributed by atoms with van der Waals surface area (Å²) in [5.74, 6) is 0.471. The van der Waals surface area contributed by atoms with Gasteiger partial charge in [-0.05, 0) is 46.9 Å². The first-order chi connectivity index (χ1) is 9.72. The van der Waals surface area contributed by atoms with E-state index in [1.807, 2.05) is 36.7 Å². The monoisotopic (exact) mass is 263 g/mol. The molecule has 0 fully saturated rings. The number of hydrogen-bond donors (Lipinski definition) is 1. The van der Waals surface area contributed by atoms with Gasteiger partial charge in [0.1, 0.15) is 0 Å². The van der Waals surface area contributed by atoms with Crippen LogP contribution in [0.1, 0.15) is 12.5 Å². The summed E-state index contributed by atoms with van der Waals surface area (Å²) in [5.41, 5.74) is 11.2. The van der Waals surface area contributed by atoms with Crippen LogP contribution in [-0.2, 0) is 0 Å². The van der Waals surface area contributed by atoms with E-state index in [-0.39, 0.29) is 0 Å². The molecule has 1 aliphatic rings. The fourth-order valence-electron chi connectivity index (χ4n) is 2.41. The Labute approximate surface area is 118 Å². The fraction of sp³-hybridized carbons (Fsp3) is 0.176. The van der Waals surface area contributed by atoms with Crippen LogP contribution in [0, 0.1) is 5.92 Å². The normalized spacial score (nSPS) is 17.9. The molecule has 0 amide bonds. The molecule has 2 aromatic rings. The minimum absolute atomic E-state index is 0.471. The van der Waals surface area contributed by atoms with Crippen molar-refractivity contribution in [2.75, 3.05) is 12.3 Å². The first kappa shape index (κ1) is 12.6. The number of rotatable bonds is 2. The molecule has 2 N–H and O–H groups in total. The predicted molar refractivity (Wildman–Crippen MR) is 84.6 cm³/mol. The number of allylic oxidation sites excluding steroid dienone is 1. The van der Waals surface area contributed by atoms with Crippen LogP contribution >= 0.6 is 0 Å². The standard InChI is InChI=1S/C17H17N3/c1-12-5-16(11-20-9-12)15-6-14(7-17(18)8-15)13-3-2-4-19-10-13/h2-8,10-12H,9,18H2,1H3. The highest BCUT2D eigenvalue weighted by Gasteiger charge is 2.09. The summed E-state index contributed by atoms with van der Waals surface area (Å²) >= 11 is 0. The molecule has 1 aromatic heterocycles. The van der Waals surface area contributed by atoms with E-state index in [9.17, 15) is 0 Å². The molecule has 1 aliphatic heterocycles. The molecule has 0 saturated carbocycles. The van der Waals surface area contributed by atoms with Crippen molar-refractivity contribution in [3.05, 3.63) is 54.4 Å². The Bertz CT molecular complexity index is 672. The third kappa shape index (κ3) is 2.62. The van der Waals surface area contributed by atoms with E-state index in [2.05, 4.69) is 29.0 Å². The number of aromatic nitrogens is 1. The summed E-state index contributed by atoms with van der Waals surface area (Å²) in [6.45, 7) is 3.03. The summed E-state index contributed by atoms with van der Waals surface area (Å²) in [6.07, 6.45) is 7.80. The highest BCUT2D eigenvalue weighted by Crippen LogP contribution is 2.27. The van der Waals surface area contributed by atoms with Crippen molar-refractivity contribution < 1.29 is 0 Å². The Kier molecular flexibility index (Phi) is 3.33. The number of nitrogen functional groups attached to an aromatic ring is 1. The van der Waals surface area contributed by atoms with Crippen molar-refractivity contribution in [1.82, 2.24) is 4.98 Å². The molecule has 100 valence electrons.